The Morgan fingerprint density at radius 2 is 2.20 bits per heavy atom. The first kappa shape index (κ1) is 12.0. The summed E-state index contributed by atoms with van der Waals surface area (Å²) in [5, 5.41) is 0. The van der Waals surface area contributed by atoms with Crippen LogP contribution in [-0.4, -0.2) is 19.3 Å². The van der Waals surface area contributed by atoms with Gasteiger partial charge in [0.05, 0.1) is 6.61 Å². The van der Waals surface area contributed by atoms with Gasteiger partial charge in [0.15, 0.2) is 0 Å². The van der Waals surface area contributed by atoms with Crippen molar-refractivity contribution in [3.63, 3.8) is 0 Å². The van der Waals surface area contributed by atoms with Crippen molar-refractivity contribution in [3.8, 4) is 5.75 Å². The Bertz CT molecular complexity index is 289. The minimum absolute atomic E-state index is 0.0676. The van der Waals surface area contributed by atoms with Crippen LogP contribution < -0.4 is 10.5 Å². The molecular weight excluding hydrogens is 190 g/mol. The van der Waals surface area contributed by atoms with E-state index >= 15 is 0 Å². The highest BCUT2D eigenvalue weighted by atomic mass is 16.5. The summed E-state index contributed by atoms with van der Waals surface area (Å²) in [5.74, 6) is 0.852. The van der Waals surface area contributed by atoms with Crippen LogP contribution in [0.5, 0.6) is 5.75 Å². The number of ether oxygens (including phenoxy) is 2. The van der Waals surface area contributed by atoms with Crippen LogP contribution in [0.4, 0.5) is 0 Å². The lowest BCUT2D eigenvalue weighted by Gasteiger charge is -2.14. The van der Waals surface area contributed by atoms with Crippen molar-refractivity contribution in [3.05, 3.63) is 29.8 Å². The molecule has 0 aliphatic rings. The summed E-state index contributed by atoms with van der Waals surface area (Å²) < 4.78 is 11.0. The van der Waals surface area contributed by atoms with Gasteiger partial charge in [-0.1, -0.05) is 12.1 Å². The molecule has 0 aliphatic carbocycles. The zero-order valence-corrected chi connectivity index (χ0v) is 9.40. The summed E-state index contributed by atoms with van der Waals surface area (Å²) >= 11 is 0. The van der Waals surface area contributed by atoms with E-state index in [0.717, 1.165) is 17.9 Å². The number of benzene rings is 1. The van der Waals surface area contributed by atoms with E-state index in [0.29, 0.717) is 13.2 Å². The smallest absolute Gasteiger partial charge is 0.120 e. The van der Waals surface area contributed by atoms with Crippen molar-refractivity contribution in [2.75, 3.05) is 13.2 Å². The molecule has 2 N–H and O–H groups in total. The van der Waals surface area contributed by atoms with Crippen LogP contribution in [0.25, 0.3) is 0 Å². The van der Waals surface area contributed by atoms with Crippen molar-refractivity contribution >= 4 is 0 Å². The van der Waals surface area contributed by atoms with Gasteiger partial charge in [0.2, 0.25) is 0 Å². The van der Waals surface area contributed by atoms with E-state index in [1.54, 1.807) is 0 Å². The standard InChI is InChI=1S/C12H19NO2/c1-3-14-9-10(2)15-12-6-4-5-11(7-12)8-13/h4-7,10H,3,8-9,13H2,1-2H3. The minimum atomic E-state index is 0.0676. The zero-order valence-electron chi connectivity index (χ0n) is 9.40. The third kappa shape index (κ3) is 4.32. The molecule has 1 aromatic carbocycles. The lowest BCUT2D eigenvalue weighted by atomic mass is 10.2. The molecule has 0 amide bonds. The average molecular weight is 209 g/mol. The predicted octanol–water partition coefficient (Wildman–Crippen LogP) is 1.95. The van der Waals surface area contributed by atoms with Crippen molar-refractivity contribution in [1.29, 1.82) is 0 Å². The highest BCUT2D eigenvalue weighted by molar-refractivity contribution is 5.28. The monoisotopic (exact) mass is 209 g/mol. The molecule has 0 fully saturated rings. The maximum atomic E-state index is 5.68. The first-order valence-electron chi connectivity index (χ1n) is 5.29. The van der Waals surface area contributed by atoms with Gasteiger partial charge < -0.3 is 15.2 Å². The second-order valence-electron chi connectivity index (χ2n) is 3.44. The molecule has 0 saturated heterocycles. The fourth-order valence-electron chi connectivity index (χ4n) is 1.30. The summed E-state index contributed by atoms with van der Waals surface area (Å²) in [4.78, 5) is 0. The van der Waals surface area contributed by atoms with Crippen LogP contribution in [0, 0.1) is 0 Å². The van der Waals surface area contributed by atoms with Gasteiger partial charge in [0.1, 0.15) is 11.9 Å². The number of hydrogen-bond donors (Lipinski definition) is 1. The van der Waals surface area contributed by atoms with Gasteiger partial charge in [0, 0.05) is 13.2 Å². The minimum Gasteiger partial charge on any atom is -0.488 e. The molecule has 0 saturated carbocycles. The van der Waals surface area contributed by atoms with E-state index in [2.05, 4.69) is 0 Å². The Morgan fingerprint density at radius 1 is 1.40 bits per heavy atom. The van der Waals surface area contributed by atoms with Crippen molar-refractivity contribution in [1.82, 2.24) is 0 Å². The summed E-state index contributed by atoms with van der Waals surface area (Å²) in [6.45, 7) is 5.84. The molecule has 1 atom stereocenters. The third-order valence-corrected chi connectivity index (χ3v) is 2.03. The molecule has 0 spiro atoms. The zero-order chi connectivity index (χ0) is 11.1. The molecule has 3 heteroatoms. The van der Waals surface area contributed by atoms with Gasteiger partial charge >= 0.3 is 0 Å². The molecule has 3 nitrogen and oxygen atoms in total. The van der Waals surface area contributed by atoms with Crippen LogP contribution in [0.15, 0.2) is 24.3 Å². The van der Waals surface area contributed by atoms with E-state index in [9.17, 15) is 0 Å². The molecule has 84 valence electrons. The van der Waals surface area contributed by atoms with Gasteiger partial charge in [-0.2, -0.15) is 0 Å². The average Bonchev–Trinajstić information content (AvgIpc) is 2.26. The summed E-state index contributed by atoms with van der Waals surface area (Å²) in [7, 11) is 0. The van der Waals surface area contributed by atoms with Crippen molar-refractivity contribution < 1.29 is 9.47 Å². The first-order valence-corrected chi connectivity index (χ1v) is 5.29. The molecular formula is C12H19NO2. The molecule has 0 radical (unpaired) electrons. The predicted molar refractivity (Wildman–Crippen MR) is 60.9 cm³/mol. The highest BCUT2D eigenvalue weighted by Crippen LogP contribution is 2.14. The number of rotatable bonds is 6. The summed E-state index contributed by atoms with van der Waals surface area (Å²) in [5.41, 5.74) is 6.63. The van der Waals surface area contributed by atoms with Crippen molar-refractivity contribution in [2.45, 2.75) is 26.5 Å². The van der Waals surface area contributed by atoms with Crippen LogP contribution in [0.2, 0.25) is 0 Å². The maximum absolute atomic E-state index is 5.68. The fourth-order valence-corrected chi connectivity index (χ4v) is 1.30. The normalized spacial score (nSPS) is 12.5. The number of hydrogen-bond acceptors (Lipinski definition) is 3. The van der Waals surface area contributed by atoms with E-state index in [1.807, 2.05) is 38.1 Å². The second-order valence-corrected chi connectivity index (χ2v) is 3.44. The molecule has 0 aliphatic heterocycles. The Hall–Kier alpha value is -1.06. The van der Waals surface area contributed by atoms with Crippen LogP contribution in [0.3, 0.4) is 0 Å². The SMILES string of the molecule is CCOCC(C)Oc1cccc(CN)c1. The summed E-state index contributed by atoms with van der Waals surface area (Å²) in [6.07, 6.45) is 0.0676. The Kier molecular flexibility index (Phi) is 5.15. The molecule has 0 aromatic heterocycles. The van der Waals surface area contributed by atoms with Crippen LogP contribution in [-0.2, 0) is 11.3 Å². The Labute approximate surface area is 91.2 Å². The van der Waals surface area contributed by atoms with Gasteiger partial charge in [-0.25, -0.2) is 0 Å². The number of nitrogens with two attached hydrogens (primary N) is 1. The van der Waals surface area contributed by atoms with Gasteiger partial charge in [0.25, 0.3) is 0 Å². The molecule has 15 heavy (non-hydrogen) atoms. The highest BCUT2D eigenvalue weighted by Gasteiger charge is 2.03. The topological polar surface area (TPSA) is 44.5 Å². The Morgan fingerprint density at radius 3 is 2.87 bits per heavy atom. The lowest BCUT2D eigenvalue weighted by molar-refractivity contribution is 0.0657. The Balaban J connectivity index is 2.48. The van der Waals surface area contributed by atoms with Crippen LogP contribution >= 0.6 is 0 Å². The van der Waals surface area contributed by atoms with Crippen molar-refractivity contribution in [2.24, 2.45) is 5.73 Å². The maximum Gasteiger partial charge on any atom is 0.120 e. The molecule has 1 aromatic rings. The largest absolute Gasteiger partial charge is 0.488 e. The van der Waals surface area contributed by atoms with E-state index < -0.39 is 0 Å². The van der Waals surface area contributed by atoms with E-state index in [1.165, 1.54) is 0 Å². The van der Waals surface area contributed by atoms with E-state index in [-0.39, 0.29) is 6.10 Å². The molecule has 1 unspecified atom stereocenters. The first-order chi connectivity index (χ1) is 7.26. The van der Waals surface area contributed by atoms with Crippen LogP contribution in [0.1, 0.15) is 19.4 Å². The third-order valence-electron chi connectivity index (χ3n) is 2.03. The molecule has 0 bridgehead atoms. The lowest BCUT2D eigenvalue weighted by Crippen LogP contribution is -2.19. The fraction of sp³-hybridized carbons (Fsp3) is 0.500. The molecule has 1 rings (SSSR count). The second kappa shape index (κ2) is 6.43. The van der Waals surface area contributed by atoms with Gasteiger partial charge in [-0.3, -0.25) is 0 Å². The van der Waals surface area contributed by atoms with E-state index in [4.69, 9.17) is 15.2 Å². The van der Waals surface area contributed by atoms with Gasteiger partial charge in [-0.05, 0) is 31.5 Å². The summed E-state index contributed by atoms with van der Waals surface area (Å²) in [6, 6.07) is 7.83. The molecule has 0 heterocycles. The van der Waals surface area contributed by atoms with Gasteiger partial charge in [-0.15, -0.1) is 0 Å². The quantitative estimate of drug-likeness (QED) is 0.778.